The molecule has 0 fully saturated rings. The van der Waals surface area contributed by atoms with Crippen molar-refractivity contribution in [3.63, 3.8) is 0 Å². The highest BCUT2D eigenvalue weighted by Gasteiger charge is 2.20. The zero-order valence-corrected chi connectivity index (χ0v) is 14.7. The average Bonchev–Trinajstić information content (AvgIpc) is 2.63. The van der Waals surface area contributed by atoms with Crippen molar-refractivity contribution in [2.75, 3.05) is 12.0 Å². The van der Waals surface area contributed by atoms with Gasteiger partial charge in [-0.3, -0.25) is 0 Å². The Hall–Kier alpha value is -2.16. The van der Waals surface area contributed by atoms with Gasteiger partial charge in [0.2, 0.25) is 0 Å². The van der Waals surface area contributed by atoms with Gasteiger partial charge in [0.15, 0.2) is 0 Å². The average molecular weight is 358 g/mol. The van der Waals surface area contributed by atoms with E-state index < -0.39 is 0 Å². The zero-order chi connectivity index (χ0) is 16.9. The largest absolute Gasteiger partial charge is 0.497 e. The Labute approximate surface area is 152 Å². The van der Waals surface area contributed by atoms with Crippen LogP contribution < -0.4 is 9.64 Å². The molecule has 0 heterocycles. The van der Waals surface area contributed by atoms with Gasteiger partial charge in [-0.1, -0.05) is 59.6 Å². The molecule has 0 saturated carbocycles. The lowest BCUT2D eigenvalue weighted by Crippen LogP contribution is -2.19. The van der Waals surface area contributed by atoms with Crippen molar-refractivity contribution in [1.29, 1.82) is 0 Å². The maximum atomic E-state index is 6.83. The molecular weight excluding hydrogens is 341 g/mol. The van der Waals surface area contributed by atoms with Gasteiger partial charge < -0.3 is 9.64 Å². The highest BCUT2D eigenvalue weighted by molar-refractivity contribution is 6.31. The van der Waals surface area contributed by atoms with Crippen LogP contribution in [0.25, 0.3) is 0 Å². The second-order valence-electron chi connectivity index (χ2n) is 5.29. The molecule has 0 spiro atoms. The van der Waals surface area contributed by atoms with Gasteiger partial charge in [0.05, 0.1) is 7.11 Å². The van der Waals surface area contributed by atoms with E-state index in [1.807, 2.05) is 78.9 Å². The summed E-state index contributed by atoms with van der Waals surface area (Å²) >= 11 is 13.0. The van der Waals surface area contributed by atoms with Gasteiger partial charge in [-0.05, 0) is 48.0 Å². The number of hydrogen-bond acceptors (Lipinski definition) is 2. The fourth-order valence-corrected chi connectivity index (χ4v) is 3.09. The van der Waals surface area contributed by atoms with E-state index in [2.05, 4.69) is 4.90 Å². The second-order valence-corrected chi connectivity index (χ2v) is 6.14. The second kappa shape index (κ2) is 7.61. The molecule has 3 aromatic carbocycles. The van der Waals surface area contributed by atoms with Crippen LogP contribution in [0.5, 0.6) is 5.75 Å². The summed E-state index contributed by atoms with van der Waals surface area (Å²) in [5, 5.41) is 0.673. The Morgan fingerprint density at radius 2 is 1.50 bits per heavy atom. The summed E-state index contributed by atoms with van der Waals surface area (Å²) in [6, 6.07) is 25.5. The Morgan fingerprint density at radius 1 is 0.833 bits per heavy atom. The smallest absolute Gasteiger partial charge is 0.134 e. The summed E-state index contributed by atoms with van der Waals surface area (Å²) in [7, 11) is 1.65. The highest BCUT2D eigenvalue weighted by atomic mass is 35.5. The van der Waals surface area contributed by atoms with Crippen molar-refractivity contribution in [2.24, 2.45) is 0 Å². The summed E-state index contributed by atoms with van der Waals surface area (Å²) in [6.07, 6.45) is 0. The summed E-state index contributed by atoms with van der Waals surface area (Å²) in [6.45, 7) is 0. The number of methoxy groups -OCH3 is 1. The zero-order valence-electron chi connectivity index (χ0n) is 13.2. The topological polar surface area (TPSA) is 12.5 Å². The van der Waals surface area contributed by atoms with E-state index in [1.54, 1.807) is 7.11 Å². The van der Waals surface area contributed by atoms with E-state index in [0.29, 0.717) is 5.02 Å². The van der Waals surface area contributed by atoms with Crippen LogP contribution in [0.1, 0.15) is 11.1 Å². The van der Waals surface area contributed by atoms with Crippen LogP contribution in [0.3, 0.4) is 0 Å². The Morgan fingerprint density at radius 3 is 2.12 bits per heavy atom. The molecule has 3 aromatic rings. The van der Waals surface area contributed by atoms with Crippen LogP contribution in [-0.4, -0.2) is 7.11 Å². The lowest BCUT2D eigenvalue weighted by Gasteiger charge is -2.30. The molecule has 1 atom stereocenters. The first-order valence-electron chi connectivity index (χ1n) is 7.57. The molecule has 2 nitrogen and oxygen atoms in total. The predicted molar refractivity (Wildman–Crippen MR) is 102 cm³/mol. The van der Waals surface area contributed by atoms with Crippen LogP contribution in [-0.2, 0) is 0 Å². The minimum atomic E-state index is -0.378. The van der Waals surface area contributed by atoms with Crippen molar-refractivity contribution in [3.8, 4) is 5.75 Å². The SMILES string of the molecule is COc1ccc(C(Cl)N(c2ccccc2)c2cccc(Cl)c2)cc1. The predicted octanol–water partition coefficient (Wildman–Crippen LogP) is 6.42. The third-order valence-corrected chi connectivity index (χ3v) is 4.42. The number of halogens is 2. The van der Waals surface area contributed by atoms with Crippen molar-refractivity contribution in [3.05, 3.63) is 89.4 Å². The van der Waals surface area contributed by atoms with E-state index in [9.17, 15) is 0 Å². The number of anilines is 2. The lowest BCUT2D eigenvalue weighted by atomic mass is 10.1. The van der Waals surface area contributed by atoms with Crippen LogP contribution in [0.2, 0.25) is 5.02 Å². The molecule has 0 bridgehead atoms. The molecule has 0 aromatic heterocycles. The first-order valence-corrected chi connectivity index (χ1v) is 8.38. The Balaban J connectivity index is 2.03. The summed E-state index contributed by atoms with van der Waals surface area (Å²) in [5.74, 6) is 0.802. The van der Waals surface area contributed by atoms with Crippen LogP contribution >= 0.6 is 23.2 Å². The fourth-order valence-electron chi connectivity index (χ4n) is 2.54. The van der Waals surface area contributed by atoms with Gasteiger partial charge in [-0.2, -0.15) is 0 Å². The summed E-state index contributed by atoms with van der Waals surface area (Å²) in [4.78, 5) is 2.05. The normalized spacial score (nSPS) is 11.8. The molecule has 122 valence electrons. The first kappa shape index (κ1) is 16.7. The standard InChI is InChI=1S/C20H17Cl2NO/c1-24-19-12-10-15(11-13-19)20(22)23(17-7-3-2-4-8-17)18-9-5-6-16(21)14-18/h2-14,20H,1H3. The molecule has 0 aliphatic rings. The van der Waals surface area contributed by atoms with E-state index in [4.69, 9.17) is 27.9 Å². The van der Waals surface area contributed by atoms with Gasteiger partial charge in [-0.15, -0.1) is 0 Å². The van der Waals surface area contributed by atoms with Gasteiger partial charge >= 0.3 is 0 Å². The number of para-hydroxylation sites is 1. The molecule has 0 N–H and O–H groups in total. The number of nitrogens with zero attached hydrogens (tertiary/aromatic N) is 1. The molecule has 0 amide bonds. The molecule has 4 heteroatoms. The molecule has 24 heavy (non-hydrogen) atoms. The van der Waals surface area contributed by atoms with Crippen LogP contribution in [0.4, 0.5) is 11.4 Å². The maximum Gasteiger partial charge on any atom is 0.134 e. The number of rotatable bonds is 5. The van der Waals surface area contributed by atoms with Gasteiger partial charge in [0.25, 0.3) is 0 Å². The molecule has 0 saturated heterocycles. The molecule has 3 rings (SSSR count). The molecular formula is C20H17Cl2NO. The minimum absolute atomic E-state index is 0.378. The monoisotopic (exact) mass is 357 g/mol. The number of ether oxygens (including phenoxy) is 1. The molecule has 0 radical (unpaired) electrons. The number of benzene rings is 3. The van der Waals surface area contributed by atoms with E-state index in [0.717, 1.165) is 22.7 Å². The quantitative estimate of drug-likeness (QED) is 0.385. The van der Waals surface area contributed by atoms with Gasteiger partial charge in [0.1, 0.15) is 11.3 Å². The van der Waals surface area contributed by atoms with Crippen molar-refractivity contribution >= 4 is 34.6 Å². The third kappa shape index (κ3) is 3.66. The first-order chi connectivity index (χ1) is 11.7. The minimum Gasteiger partial charge on any atom is -0.497 e. The van der Waals surface area contributed by atoms with Crippen molar-refractivity contribution in [2.45, 2.75) is 5.50 Å². The van der Waals surface area contributed by atoms with E-state index >= 15 is 0 Å². The van der Waals surface area contributed by atoms with Crippen LogP contribution in [0.15, 0.2) is 78.9 Å². The Bertz CT molecular complexity index is 790. The van der Waals surface area contributed by atoms with Crippen molar-refractivity contribution in [1.82, 2.24) is 0 Å². The summed E-state index contributed by atoms with van der Waals surface area (Å²) < 4.78 is 5.22. The van der Waals surface area contributed by atoms with Gasteiger partial charge in [0, 0.05) is 16.4 Å². The van der Waals surface area contributed by atoms with Crippen molar-refractivity contribution < 1.29 is 4.74 Å². The maximum absolute atomic E-state index is 6.83. The summed E-state index contributed by atoms with van der Waals surface area (Å²) in [5.41, 5.74) is 2.53. The fraction of sp³-hybridized carbons (Fsp3) is 0.100. The number of alkyl halides is 1. The van der Waals surface area contributed by atoms with E-state index in [-0.39, 0.29) is 5.50 Å². The molecule has 0 aliphatic carbocycles. The number of hydrogen-bond donors (Lipinski definition) is 0. The third-order valence-electron chi connectivity index (χ3n) is 3.74. The highest BCUT2D eigenvalue weighted by Crippen LogP contribution is 2.38. The van der Waals surface area contributed by atoms with Gasteiger partial charge in [-0.25, -0.2) is 0 Å². The van der Waals surface area contributed by atoms with Crippen LogP contribution in [0, 0.1) is 0 Å². The lowest BCUT2D eigenvalue weighted by molar-refractivity contribution is 0.414. The molecule has 0 aliphatic heterocycles. The Kier molecular flexibility index (Phi) is 5.29. The molecule has 1 unspecified atom stereocenters. The van der Waals surface area contributed by atoms with E-state index in [1.165, 1.54) is 0 Å².